The topological polar surface area (TPSA) is 49.7 Å². The highest BCUT2D eigenvalue weighted by Gasteiger charge is 2.41. The van der Waals surface area contributed by atoms with Gasteiger partial charge in [-0.15, -0.1) is 0 Å². The molecular weight excluding hydrogens is 240 g/mol. The van der Waals surface area contributed by atoms with Gasteiger partial charge < -0.3 is 4.90 Å². The number of isocyanates is 1. The molecule has 1 fully saturated rings. The first-order chi connectivity index (χ1) is 9.18. The number of rotatable bonds is 2. The summed E-state index contributed by atoms with van der Waals surface area (Å²) in [5, 5.41) is 0. The normalized spacial score (nSPS) is 20.3. The van der Waals surface area contributed by atoms with Crippen molar-refractivity contribution < 1.29 is 9.59 Å². The van der Waals surface area contributed by atoms with Gasteiger partial charge in [0.05, 0.1) is 5.54 Å². The molecule has 1 aliphatic carbocycles. The summed E-state index contributed by atoms with van der Waals surface area (Å²) in [4.78, 5) is 28.3. The molecule has 1 aromatic carbocycles. The molecule has 98 valence electrons. The van der Waals surface area contributed by atoms with Gasteiger partial charge in [-0.05, 0) is 42.9 Å². The molecule has 1 amide bonds. The standard InChI is InChI=1S/C15H16N2O2/c1-17-13-5-2-4-12(11(13)6-7-14(17)19)15(16-10-18)8-3-9-15/h2,4-5H,3,6-9H2,1H3. The van der Waals surface area contributed by atoms with Crippen LogP contribution in [0.2, 0.25) is 0 Å². The van der Waals surface area contributed by atoms with Crippen LogP contribution in [0.1, 0.15) is 36.8 Å². The monoisotopic (exact) mass is 256 g/mol. The van der Waals surface area contributed by atoms with Gasteiger partial charge in [-0.2, -0.15) is 4.99 Å². The van der Waals surface area contributed by atoms with Crippen LogP contribution in [0.4, 0.5) is 5.69 Å². The van der Waals surface area contributed by atoms with Gasteiger partial charge in [0.1, 0.15) is 0 Å². The molecule has 1 heterocycles. The fraction of sp³-hybridized carbons (Fsp3) is 0.467. The number of fused-ring (bicyclic) bond motifs is 1. The summed E-state index contributed by atoms with van der Waals surface area (Å²) in [6, 6.07) is 5.96. The summed E-state index contributed by atoms with van der Waals surface area (Å²) in [6.07, 6.45) is 5.89. The van der Waals surface area contributed by atoms with Gasteiger partial charge >= 0.3 is 0 Å². The molecule has 1 aliphatic heterocycles. The lowest BCUT2D eigenvalue weighted by atomic mass is 9.70. The van der Waals surface area contributed by atoms with Crippen LogP contribution in [0.3, 0.4) is 0 Å². The molecule has 4 nitrogen and oxygen atoms in total. The van der Waals surface area contributed by atoms with Crippen LogP contribution in [0.15, 0.2) is 23.2 Å². The minimum atomic E-state index is -0.381. The highest BCUT2D eigenvalue weighted by molar-refractivity contribution is 5.96. The van der Waals surface area contributed by atoms with Crippen LogP contribution < -0.4 is 4.90 Å². The van der Waals surface area contributed by atoms with Crippen LogP contribution in [0, 0.1) is 0 Å². The average Bonchev–Trinajstić information content (AvgIpc) is 2.38. The van der Waals surface area contributed by atoms with Gasteiger partial charge in [0.25, 0.3) is 0 Å². The second-order valence-corrected chi connectivity index (χ2v) is 5.34. The summed E-state index contributed by atoms with van der Waals surface area (Å²) in [5.41, 5.74) is 2.86. The van der Waals surface area contributed by atoms with Crippen LogP contribution in [0.25, 0.3) is 0 Å². The molecule has 1 aromatic rings. The van der Waals surface area contributed by atoms with Crippen molar-refractivity contribution in [1.29, 1.82) is 0 Å². The first-order valence-electron chi connectivity index (χ1n) is 6.66. The Morgan fingerprint density at radius 2 is 2.11 bits per heavy atom. The van der Waals surface area contributed by atoms with Crippen molar-refractivity contribution in [2.45, 2.75) is 37.6 Å². The predicted octanol–water partition coefficient (Wildman–Crippen LogP) is 2.31. The Bertz CT molecular complexity index is 584. The van der Waals surface area contributed by atoms with Gasteiger partial charge in [-0.3, -0.25) is 4.79 Å². The summed E-state index contributed by atoms with van der Waals surface area (Å²) in [6.45, 7) is 0. The largest absolute Gasteiger partial charge is 0.315 e. The Labute approximate surface area is 112 Å². The smallest absolute Gasteiger partial charge is 0.235 e. The number of hydrogen-bond acceptors (Lipinski definition) is 3. The molecule has 0 aromatic heterocycles. The second kappa shape index (κ2) is 4.32. The van der Waals surface area contributed by atoms with E-state index in [0.717, 1.165) is 36.9 Å². The lowest BCUT2D eigenvalue weighted by Crippen LogP contribution is -2.37. The summed E-state index contributed by atoms with van der Waals surface area (Å²) < 4.78 is 0. The zero-order valence-corrected chi connectivity index (χ0v) is 11.0. The SMILES string of the molecule is CN1C(=O)CCc2c1cccc2C1(N=C=O)CCC1. The molecular formula is C15H16N2O2. The summed E-state index contributed by atoms with van der Waals surface area (Å²) >= 11 is 0. The Balaban J connectivity index is 2.14. The second-order valence-electron chi connectivity index (χ2n) is 5.34. The minimum Gasteiger partial charge on any atom is -0.315 e. The van der Waals surface area contributed by atoms with Crippen LogP contribution in [-0.2, 0) is 21.5 Å². The maximum absolute atomic E-state index is 11.8. The minimum absolute atomic E-state index is 0.145. The molecule has 19 heavy (non-hydrogen) atoms. The Hall–Kier alpha value is -1.93. The van der Waals surface area contributed by atoms with Crippen molar-refractivity contribution >= 4 is 17.7 Å². The van der Waals surface area contributed by atoms with Gasteiger partial charge in [-0.1, -0.05) is 12.1 Å². The van der Waals surface area contributed by atoms with Crippen molar-refractivity contribution in [1.82, 2.24) is 0 Å². The van der Waals surface area contributed by atoms with E-state index in [1.54, 1.807) is 18.0 Å². The zero-order valence-electron chi connectivity index (χ0n) is 11.0. The predicted molar refractivity (Wildman–Crippen MR) is 71.8 cm³/mol. The van der Waals surface area contributed by atoms with Gasteiger partial charge in [0.2, 0.25) is 12.0 Å². The molecule has 1 saturated carbocycles. The first kappa shape index (κ1) is 12.1. The van der Waals surface area contributed by atoms with Crippen molar-refractivity contribution in [3.63, 3.8) is 0 Å². The van der Waals surface area contributed by atoms with E-state index >= 15 is 0 Å². The fourth-order valence-corrected chi connectivity index (χ4v) is 3.16. The Morgan fingerprint density at radius 3 is 2.74 bits per heavy atom. The van der Waals surface area contributed by atoms with E-state index in [4.69, 9.17) is 0 Å². The van der Waals surface area contributed by atoms with E-state index in [2.05, 4.69) is 4.99 Å². The molecule has 2 aliphatic rings. The van der Waals surface area contributed by atoms with E-state index in [-0.39, 0.29) is 11.4 Å². The molecule has 0 spiro atoms. The number of anilines is 1. The Kier molecular flexibility index (Phi) is 2.76. The highest BCUT2D eigenvalue weighted by Crippen LogP contribution is 2.48. The summed E-state index contributed by atoms with van der Waals surface area (Å²) in [5.74, 6) is 0.145. The maximum atomic E-state index is 11.8. The maximum Gasteiger partial charge on any atom is 0.235 e. The number of carbonyl (C=O) groups is 1. The third-order valence-electron chi connectivity index (χ3n) is 4.42. The summed E-state index contributed by atoms with van der Waals surface area (Å²) in [7, 11) is 1.81. The molecule has 3 rings (SSSR count). The lowest BCUT2D eigenvalue weighted by molar-refractivity contribution is -0.118. The molecule has 0 saturated heterocycles. The van der Waals surface area contributed by atoms with E-state index in [1.807, 2.05) is 18.2 Å². The zero-order chi connectivity index (χ0) is 13.5. The number of amides is 1. The number of carbonyl (C=O) groups excluding carboxylic acids is 2. The van der Waals surface area contributed by atoms with Gasteiger partial charge in [0, 0.05) is 19.2 Å². The van der Waals surface area contributed by atoms with Gasteiger partial charge in [-0.25, -0.2) is 4.79 Å². The third-order valence-corrected chi connectivity index (χ3v) is 4.42. The highest BCUT2D eigenvalue weighted by atomic mass is 16.2. The fourth-order valence-electron chi connectivity index (χ4n) is 3.16. The molecule has 0 bridgehead atoms. The van der Waals surface area contributed by atoms with Crippen LogP contribution >= 0.6 is 0 Å². The molecule has 4 heteroatoms. The Morgan fingerprint density at radius 1 is 1.32 bits per heavy atom. The van der Waals surface area contributed by atoms with Crippen molar-refractivity contribution in [2.24, 2.45) is 4.99 Å². The van der Waals surface area contributed by atoms with E-state index < -0.39 is 0 Å². The number of aliphatic imine (C=N–C) groups is 1. The average molecular weight is 256 g/mol. The van der Waals surface area contributed by atoms with E-state index in [9.17, 15) is 9.59 Å². The molecule has 0 atom stereocenters. The van der Waals surface area contributed by atoms with E-state index in [0.29, 0.717) is 6.42 Å². The third kappa shape index (κ3) is 1.71. The number of nitrogens with zero attached hydrogens (tertiary/aromatic N) is 2. The van der Waals surface area contributed by atoms with Crippen molar-refractivity contribution in [3.8, 4) is 0 Å². The van der Waals surface area contributed by atoms with E-state index in [1.165, 1.54) is 5.56 Å². The van der Waals surface area contributed by atoms with Gasteiger partial charge in [0.15, 0.2) is 0 Å². The lowest BCUT2D eigenvalue weighted by Gasteiger charge is -2.40. The molecule has 0 unspecified atom stereocenters. The van der Waals surface area contributed by atoms with Crippen molar-refractivity contribution in [3.05, 3.63) is 29.3 Å². The molecule has 0 N–H and O–H groups in total. The quantitative estimate of drug-likeness (QED) is 0.602. The van der Waals surface area contributed by atoms with Crippen LogP contribution in [-0.4, -0.2) is 19.0 Å². The van der Waals surface area contributed by atoms with Crippen molar-refractivity contribution in [2.75, 3.05) is 11.9 Å². The number of benzene rings is 1. The first-order valence-corrected chi connectivity index (χ1v) is 6.66. The van der Waals surface area contributed by atoms with Crippen LogP contribution in [0.5, 0.6) is 0 Å². The number of hydrogen-bond donors (Lipinski definition) is 0. The molecule has 0 radical (unpaired) electrons.